The molecule has 0 amide bonds. The van der Waals surface area contributed by atoms with E-state index >= 15 is 0 Å². The van der Waals surface area contributed by atoms with Gasteiger partial charge in [-0.25, -0.2) is 4.79 Å². The highest BCUT2D eigenvalue weighted by Gasteiger charge is 2.22. The van der Waals surface area contributed by atoms with Crippen LogP contribution in [0, 0.1) is 5.92 Å². The van der Waals surface area contributed by atoms with E-state index in [1.54, 1.807) is 7.05 Å². The Morgan fingerprint density at radius 2 is 2.28 bits per heavy atom. The third-order valence-corrected chi connectivity index (χ3v) is 4.37. The Labute approximate surface area is 110 Å². The van der Waals surface area contributed by atoms with Crippen molar-refractivity contribution in [2.75, 3.05) is 0 Å². The SMILES string of the molecule is Cn1c(=O)oc2cc(C(Cl)CC3CCC3)ccc21. The molecular weight excluding hydrogens is 250 g/mol. The standard InChI is InChI=1S/C14H16ClNO2/c1-16-12-6-5-10(8-13(12)18-14(16)17)11(15)7-9-3-2-4-9/h5-6,8-9,11H,2-4,7H2,1H3. The van der Waals surface area contributed by atoms with E-state index < -0.39 is 0 Å². The van der Waals surface area contributed by atoms with E-state index in [9.17, 15) is 4.79 Å². The van der Waals surface area contributed by atoms with Crippen LogP contribution >= 0.6 is 11.6 Å². The van der Waals surface area contributed by atoms with Crippen LogP contribution < -0.4 is 5.76 Å². The molecule has 1 aliphatic carbocycles. The molecule has 1 aromatic heterocycles. The average molecular weight is 266 g/mol. The number of aromatic nitrogens is 1. The normalized spacial score (nSPS) is 17.9. The van der Waals surface area contributed by atoms with E-state index in [4.69, 9.17) is 16.0 Å². The molecule has 1 aromatic carbocycles. The first-order valence-corrected chi connectivity index (χ1v) is 6.82. The Morgan fingerprint density at radius 3 is 2.94 bits per heavy atom. The molecule has 1 unspecified atom stereocenters. The van der Waals surface area contributed by atoms with Crippen LogP contribution in [0.5, 0.6) is 0 Å². The molecule has 2 aromatic rings. The summed E-state index contributed by atoms with van der Waals surface area (Å²) in [5.74, 6) is 0.443. The van der Waals surface area contributed by atoms with Crippen molar-refractivity contribution in [2.45, 2.75) is 31.1 Å². The number of aryl methyl sites for hydroxylation is 1. The summed E-state index contributed by atoms with van der Waals surface area (Å²) in [6, 6.07) is 5.80. The topological polar surface area (TPSA) is 35.1 Å². The van der Waals surface area contributed by atoms with Gasteiger partial charge in [0, 0.05) is 7.05 Å². The van der Waals surface area contributed by atoms with Crippen molar-refractivity contribution in [1.29, 1.82) is 0 Å². The predicted molar refractivity (Wildman–Crippen MR) is 72.0 cm³/mol. The summed E-state index contributed by atoms with van der Waals surface area (Å²) >= 11 is 6.43. The Kier molecular flexibility index (Phi) is 2.94. The molecule has 96 valence electrons. The fraction of sp³-hybridized carbons (Fsp3) is 0.500. The van der Waals surface area contributed by atoms with E-state index in [-0.39, 0.29) is 11.1 Å². The Morgan fingerprint density at radius 1 is 1.50 bits per heavy atom. The maximum absolute atomic E-state index is 11.4. The molecule has 3 rings (SSSR count). The number of hydrogen-bond donors (Lipinski definition) is 0. The van der Waals surface area contributed by atoms with Crippen LogP contribution in [-0.4, -0.2) is 4.57 Å². The first kappa shape index (κ1) is 11.8. The Hall–Kier alpha value is -1.22. The van der Waals surface area contributed by atoms with Gasteiger partial charge < -0.3 is 4.42 Å². The second-order valence-electron chi connectivity index (χ2n) is 5.15. The van der Waals surface area contributed by atoms with Gasteiger partial charge in [-0.15, -0.1) is 11.6 Å². The van der Waals surface area contributed by atoms with Crippen LogP contribution in [0.1, 0.15) is 36.6 Å². The lowest BCUT2D eigenvalue weighted by atomic mass is 9.81. The van der Waals surface area contributed by atoms with Crippen molar-refractivity contribution >= 4 is 22.7 Å². The highest BCUT2D eigenvalue weighted by Crippen LogP contribution is 2.38. The number of alkyl halides is 1. The van der Waals surface area contributed by atoms with Gasteiger partial charge in [0.15, 0.2) is 5.58 Å². The number of oxazole rings is 1. The van der Waals surface area contributed by atoms with Gasteiger partial charge in [0.25, 0.3) is 0 Å². The molecule has 0 bridgehead atoms. The third kappa shape index (κ3) is 1.97. The van der Waals surface area contributed by atoms with Gasteiger partial charge >= 0.3 is 5.76 Å². The van der Waals surface area contributed by atoms with Crippen LogP contribution in [0.15, 0.2) is 27.4 Å². The molecule has 1 heterocycles. The van der Waals surface area contributed by atoms with E-state index in [1.807, 2.05) is 18.2 Å². The first-order chi connectivity index (χ1) is 8.65. The second kappa shape index (κ2) is 4.47. The zero-order chi connectivity index (χ0) is 12.7. The maximum atomic E-state index is 11.4. The summed E-state index contributed by atoms with van der Waals surface area (Å²) in [6.45, 7) is 0. The molecule has 0 spiro atoms. The fourth-order valence-electron chi connectivity index (χ4n) is 2.50. The summed E-state index contributed by atoms with van der Waals surface area (Å²) in [5.41, 5.74) is 2.49. The van der Waals surface area contributed by atoms with Gasteiger partial charge in [-0.05, 0) is 30.0 Å². The minimum Gasteiger partial charge on any atom is -0.408 e. The monoisotopic (exact) mass is 265 g/mol. The van der Waals surface area contributed by atoms with Crippen molar-refractivity contribution in [2.24, 2.45) is 13.0 Å². The molecule has 0 saturated heterocycles. The van der Waals surface area contributed by atoms with Crippen molar-refractivity contribution in [3.8, 4) is 0 Å². The lowest BCUT2D eigenvalue weighted by Crippen LogP contribution is -2.12. The molecule has 1 atom stereocenters. The van der Waals surface area contributed by atoms with Crippen molar-refractivity contribution in [3.63, 3.8) is 0 Å². The summed E-state index contributed by atoms with van der Waals surface area (Å²) < 4.78 is 6.69. The van der Waals surface area contributed by atoms with E-state index in [0.29, 0.717) is 5.58 Å². The minimum absolute atomic E-state index is 0.0187. The number of fused-ring (bicyclic) bond motifs is 1. The van der Waals surface area contributed by atoms with Gasteiger partial charge in [-0.1, -0.05) is 25.3 Å². The number of halogens is 1. The summed E-state index contributed by atoms with van der Waals surface area (Å²) in [4.78, 5) is 11.4. The Bertz CT molecular complexity index is 624. The predicted octanol–water partition coefficient (Wildman–Crippen LogP) is 3.60. The first-order valence-electron chi connectivity index (χ1n) is 6.38. The summed E-state index contributed by atoms with van der Waals surface area (Å²) in [7, 11) is 1.71. The highest BCUT2D eigenvalue weighted by atomic mass is 35.5. The van der Waals surface area contributed by atoms with Crippen LogP contribution in [0.2, 0.25) is 0 Å². The molecule has 3 nitrogen and oxygen atoms in total. The largest absolute Gasteiger partial charge is 0.419 e. The van der Waals surface area contributed by atoms with Crippen LogP contribution in [0.4, 0.5) is 0 Å². The van der Waals surface area contributed by atoms with Gasteiger partial charge in [-0.2, -0.15) is 0 Å². The number of benzene rings is 1. The van der Waals surface area contributed by atoms with Crippen LogP contribution in [0.25, 0.3) is 11.1 Å². The van der Waals surface area contributed by atoms with E-state index in [0.717, 1.165) is 23.4 Å². The zero-order valence-corrected chi connectivity index (χ0v) is 11.1. The zero-order valence-electron chi connectivity index (χ0n) is 10.4. The summed E-state index contributed by atoms with van der Waals surface area (Å²) in [6.07, 6.45) is 4.95. The fourth-order valence-corrected chi connectivity index (χ4v) is 2.89. The minimum atomic E-state index is -0.327. The van der Waals surface area contributed by atoms with E-state index in [1.165, 1.54) is 23.8 Å². The Balaban J connectivity index is 1.90. The van der Waals surface area contributed by atoms with Gasteiger partial charge in [-0.3, -0.25) is 4.57 Å². The van der Waals surface area contributed by atoms with Crippen LogP contribution in [0.3, 0.4) is 0 Å². The maximum Gasteiger partial charge on any atom is 0.419 e. The number of nitrogens with zero attached hydrogens (tertiary/aromatic N) is 1. The van der Waals surface area contributed by atoms with Crippen molar-refractivity contribution in [3.05, 3.63) is 34.3 Å². The van der Waals surface area contributed by atoms with Crippen LogP contribution in [-0.2, 0) is 7.05 Å². The molecule has 1 aliphatic rings. The van der Waals surface area contributed by atoms with Gasteiger partial charge in [0.2, 0.25) is 0 Å². The molecule has 1 saturated carbocycles. The van der Waals surface area contributed by atoms with Gasteiger partial charge in [0.05, 0.1) is 10.9 Å². The number of rotatable bonds is 3. The molecular formula is C14H16ClNO2. The van der Waals surface area contributed by atoms with Crippen molar-refractivity contribution in [1.82, 2.24) is 4.57 Å². The molecule has 18 heavy (non-hydrogen) atoms. The van der Waals surface area contributed by atoms with Crippen molar-refractivity contribution < 1.29 is 4.42 Å². The molecule has 1 fully saturated rings. The number of hydrogen-bond acceptors (Lipinski definition) is 2. The highest BCUT2D eigenvalue weighted by molar-refractivity contribution is 6.20. The molecule has 0 aliphatic heterocycles. The molecule has 0 radical (unpaired) electrons. The van der Waals surface area contributed by atoms with E-state index in [2.05, 4.69) is 0 Å². The second-order valence-corrected chi connectivity index (χ2v) is 5.68. The lowest BCUT2D eigenvalue weighted by Gasteiger charge is -2.27. The lowest BCUT2D eigenvalue weighted by molar-refractivity contribution is 0.293. The molecule has 0 N–H and O–H groups in total. The molecule has 4 heteroatoms. The summed E-state index contributed by atoms with van der Waals surface area (Å²) in [5, 5.41) is 0.0187. The average Bonchev–Trinajstić information content (AvgIpc) is 2.59. The third-order valence-electron chi connectivity index (χ3n) is 3.94. The quantitative estimate of drug-likeness (QED) is 0.795. The van der Waals surface area contributed by atoms with Gasteiger partial charge in [0.1, 0.15) is 0 Å². The smallest absolute Gasteiger partial charge is 0.408 e.